The van der Waals surface area contributed by atoms with E-state index in [1.165, 1.54) is 36.3 Å². The van der Waals surface area contributed by atoms with Crippen molar-refractivity contribution in [2.75, 3.05) is 18.0 Å². The lowest BCUT2D eigenvalue weighted by Crippen LogP contribution is -2.54. The number of methoxy groups -OCH3 is 1. The van der Waals surface area contributed by atoms with Crippen LogP contribution in [0.2, 0.25) is 15.1 Å². The minimum Gasteiger partial charge on any atom is -0.495 e. The Morgan fingerprint density at radius 3 is 2.23 bits per heavy atom. The third-order valence-corrected chi connectivity index (χ3v) is 10.5. The van der Waals surface area contributed by atoms with Crippen molar-refractivity contribution in [2.24, 2.45) is 0 Å². The molecule has 12 heteroatoms. The predicted octanol–water partition coefficient (Wildman–Crippen LogP) is 7.11. The highest BCUT2D eigenvalue weighted by Gasteiger charge is 2.36. The minimum absolute atomic E-state index is 0.0110. The Morgan fingerprint density at radius 1 is 0.955 bits per heavy atom. The average Bonchev–Trinajstić information content (AvgIpc) is 3.01. The van der Waals surface area contributed by atoms with Crippen LogP contribution in [0.25, 0.3) is 0 Å². The number of rotatable bonds is 12. The molecule has 0 radical (unpaired) electrons. The molecule has 44 heavy (non-hydrogen) atoms. The maximum atomic E-state index is 14.4. The fourth-order valence-electron chi connectivity index (χ4n) is 5.41. The molecule has 0 bridgehead atoms. The quantitative estimate of drug-likeness (QED) is 0.220. The van der Waals surface area contributed by atoms with Crippen LogP contribution in [0.15, 0.2) is 71.6 Å². The Bertz CT molecular complexity index is 1550. The van der Waals surface area contributed by atoms with Crippen molar-refractivity contribution in [3.63, 3.8) is 0 Å². The summed E-state index contributed by atoms with van der Waals surface area (Å²) in [5.74, 6) is -0.744. The van der Waals surface area contributed by atoms with Gasteiger partial charge in [0.25, 0.3) is 10.0 Å². The average molecular weight is 681 g/mol. The normalized spacial score (nSPS) is 14.5. The van der Waals surface area contributed by atoms with Crippen LogP contribution in [0, 0.1) is 0 Å². The van der Waals surface area contributed by atoms with E-state index in [1.54, 1.807) is 49.4 Å². The zero-order chi connectivity index (χ0) is 31.9. The maximum Gasteiger partial charge on any atom is 0.264 e. The molecule has 2 amide bonds. The van der Waals surface area contributed by atoms with E-state index < -0.39 is 28.5 Å². The maximum absolute atomic E-state index is 14.4. The summed E-state index contributed by atoms with van der Waals surface area (Å²) in [6, 6.07) is 16.4. The molecular formula is C32H36Cl3N3O5S. The van der Waals surface area contributed by atoms with Gasteiger partial charge in [-0.25, -0.2) is 8.42 Å². The second kappa shape index (κ2) is 15.3. The van der Waals surface area contributed by atoms with Crippen LogP contribution in [0.3, 0.4) is 0 Å². The van der Waals surface area contributed by atoms with Crippen molar-refractivity contribution in [1.29, 1.82) is 0 Å². The molecule has 0 saturated heterocycles. The van der Waals surface area contributed by atoms with Gasteiger partial charge in [-0.3, -0.25) is 13.9 Å². The zero-order valence-electron chi connectivity index (χ0n) is 24.6. The van der Waals surface area contributed by atoms with Gasteiger partial charge in [-0.2, -0.15) is 0 Å². The first-order valence-electron chi connectivity index (χ1n) is 14.5. The Balaban J connectivity index is 1.78. The highest BCUT2D eigenvalue weighted by Crippen LogP contribution is 2.35. The van der Waals surface area contributed by atoms with E-state index in [0.717, 1.165) is 36.4 Å². The van der Waals surface area contributed by atoms with Crippen LogP contribution in [0.1, 0.15) is 51.0 Å². The van der Waals surface area contributed by atoms with Crippen LogP contribution in [-0.4, -0.2) is 50.9 Å². The molecule has 0 spiro atoms. The van der Waals surface area contributed by atoms with E-state index in [4.69, 9.17) is 39.5 Å². The van der Waals surface area contributed by atoms with Gasteiger partial charge in [-0.05, 0) is 61.7 Å². The summed E-state index contributed by atoms with van der Waals surface area (Å²) in [7, 11) is -2.90. The third kappa shape index (κ3) is 7.99. The van der Waals surface area contributed by atoms with Gasteiger partial charge < -0.3 is 15.0 Å². The summed E-state index contributed by atoms with van der Waals surface area (Å²) in [5, 5.41) is 4.01. The first-order chi connectivity index (χ1) is 21.1. The molecule has 236 valence electrons. The highest BCUT2D eigenvalue weighted by molar-refractivity contribution is 7.92. The molecule has 0 unspecified atom stereocenters. The first-order valence-corrected chi connectivity index (χ1v) is 17.1. The molecule has 4 rings (SSSR count). The van der Waals surface area contributed by atoms with Gasteiger partial charge in [-0.1, -0.05) is 85.3 Å². The Morgan fingerprint density at radius 2 is 1.61 bits per heavy atom. The molecule has 0 aromatic heterocycles. The summed E-state index contributed by atoms with van der Waals surface area (Å²) in [5.41, 5.74) is 0.526. The van der Waals surface area contributed by atoms with Crippen molar-refractivity contribution < 1.29 is 22.7 Å². The van der Waals surface area contributed by atoms with E-state index in [0.29, 0.717) is 15.6 Å². The van der Waals surface area contributed by atoms with Crippen LogP contribution < -0.4 is 14.4 Å². The molecule has 1 N–H and O–H groups in total. The van der Waals surface area contributed by atoms with E-state index in [1.807, 2.05) is 0 Å². The molecule has 3 aromatic rings. The van der Waals surface area contributed by atoms with Gasteiger partial charge in [-0.15, -0.1) is 0 Å². The summed E-state index contributed by atoms with van der Waals surface area (Å²) < 4.78 is 34.7. The molecule has 1 aliphatic carbocycles. The molecule has 0 heterocycles. The fourth-order valence-corrected chi connectivity index (χ4v) is 7.53. The number of carbonyl (C=O) groups excluding carboxylic acids is 2. The second-order valence-corrected chi connectivity index (χ2v) is 13.7. The predicted molar refractivity (Wildman–Crippen MR) is 175 cm³/mol. The van der Waals surface area contributed by atoms with Crippen LogP contribution in [-0.2, 0) is 26.2 Å². The number of nitrogens with one attached hydrogen (secondary N) is 1. The van der Waals surface area contributed by atoms with E-state index in [2.05, 4.69) is 5.32 Å². The van der Waals surface area contributed by atoms with E-state index in [-0.39, 0.29) is 46.3 Å². The molecule has 1 fully saturated rings. The lowest BCUT2D eigenvalue weighted by atomic mass is 9.95. The summed E-state index contributed by atoms with van der Waals surface area (Å²) >= 11 is 19.3. The number of carbonyl (C=O) groups is 2. The molecule has 8 nitrogen and oxygen atoms in total. The van der Waals surface area contributed by atoms with E-state index >= 15 is 0 Å². The SMILES string of the molecule is CC[C@H](C(=O)NC1CCCCC1)N(Cc1c(Cl)cccc1Cl)C(=O)CN(c1cc(Cl)ccc1OC)S(=O)(=O)c1ccccc1. The van der Waals surface area contributed by atoms with Crippen molar-refractivity contribution in [3.8, 4) is 5.75 Å². The lowest BCUT2D eigenvalue weighted by molar-refractivity contribution is -0.140. The van der Waals surface area contributed by atoms with E-state index in [9.17, 15) is 18.0 Å². The number of hydrogen-bond acceptors (Lipinski definition) is 5. The van der Waals surface area contributed by atoms with Gasteiger partial charge >= 0.3 is 0 Å². The minimum atomic E-state index is -4.30. The zero-order valence-corrected chi connectivity index (χ0v) is 27.7. The van der Waals surface area contributed by atoms with Crippen molar-refractivity contribution >= 4 is 62.3 Å². The number of nitrogens with zero attached hydrogens (tertiary/aromatic N) is 2. The molecule has 0 aliphatic heterocycles. The first kappa shape index (κ1) is 33.9. The number of hydrogen-bond donors (Lipinski definition) is 1. The van der Waals surface area contributed by atoms with Gasteiger partial charge in [0.05, 0.1) is 17.7 Å². The number of sulfonamides is 1. The fraction of sp³-hybridized carbons (Fsp3) is 0.375. The number of amides is 2. The van der Waals surface area contributed by atoms with Crippen molar-refractivity contribution in [3.05, 3.63) is 87.4 Å². The number of ether oxygens (including phenoxy) is 1. The second-order valence-electron chi connectivity index (χ2n) is 10.6. The lowest BCUT2D eigenvalue weighted by Gasteiger charge is -2.35. The van der Waals surface area contributed by atoms with Gasteiger partial charge in [0, 0.05) is 33.2 Å². The smallest absolute Gasteiger partial charge is 0.264 e. The number of halogens is 3. The topological polar surface area (TPSA) is 96.0 Å². The summed E-state index contributed by atoms with van der Waals surface area (Å²) in [6.45, 7) is 1.04. The standard InChI is InChI=1S/C32H36Cl3N3O5S/c1-3-28(32(40)36-23-11-6-4-7-12-23)37(20-25-26(34)15-10-16-27(25)35)31(39)21-38(29-19-22(33)17-18-30(29)43-2)44(41,42)24-13-8-5-9-14-24/h5,8-10,13-19,23,28H,3-4,6-7,11-12,20-21H2,1-2H3,(H,36,40)/t28-/m1/s1. The van der Waals surface area contributed by atoms with Crippen LogP contribution >= 0.6 is 34.8 Å². The van der Waals surface area contributed by atoms with Crippen molar-refractivity contribution in [1.82, 2.24) is 10.2 Å². The Labute approximate surface area is 274 Å². The van der Waals surface area contributed by atoms with Gasteiger partial charge in [0.1, 0.15) is 18.3 Å². The Kier molecular flexibility index (Phi) is 11.8. The summed E-state index contributed by atoms with van der Waals surface area (Å²) in [6.07, 6.45) is 5.17. The van der Waals surface area contributed by atoms with Gasteiger partial charge in [0.2, 0.25) is 11.8 Å². The molecule has 3 aromatic carbocycles. The van der Waals surface area contributed by atoms with Crippen molar-refractivity contribution in [2.45, 2.75) is 69.0 Å². The number of benzene rings is 3. The van der Waals surface area contributed by atoms with Gasteiger partial charge in [0.15, 0.2) is 0 Å². The Hall–Kier alpha value is -2.98. The largest absolute Gasteiger partial charge is 0.495 e. The monoisotopic (exact) mass is 679 g/mol. The molecular weight excluding hydrogens is 645 g/mol. The van der Waals surface area contributed by atoms with Crippen LogP contribution in [0.4, 0.5) is 5.69 Å². The molecule has 1 saturated carbocycles. The summed E-state index contributed by atoms with van der Waals surface area (Å²) in [4.78, 5) is 29.4. The molecule has 1 aliphatic rings. The molecule has 1 atom stereocenters. The third-order valence-electron chi connectivity index (χ3n) is 7.75. The van der Waals surface area contributed by atoms with Crippen LogP contribution in [0.5, 0.6) is 5.75 Å². The highest BCUT2D eigenvalue weighted by atomic mass is 35.5. The number of anilines is 1.